The fourth-order valence-corrected chi connectivity index (χ4v) is 0.985. The topological polar surface area (TPSA) is 29.5 Å². The summed E-state index contributed by atoms with van der Waals surface area (Å²) >= 11 is 1.96. The molecule has 3 unspecified atom stereocenters. The normalized spacial score (nSPS) is 17.9. The highest BCUT2D eigenvalue weighted by Crippen LogP contribution is 2.01. The summed E-state index contributed by atoms with van der Waals surface area (Å²) in [6.45, 7) is 5.40. The molecule has 0 aromatic carbocycles. The van der Waals surface area contributed by atoms with Crippen molar-refractivity contribution >= 4 is 22.6 Å². The zero-order valence-electron chi connectivity index (χ0n) is 6.97. The molecule has 0 saturated carbocycles. The van der Waals surface area contributed by atoms with Crippen molar-refractivity contribution in [1.82, 2.24) is 0 Å². The Hall–Kier alpha value is 0.210. The van der Waals surface area contributed by atoms with Gasteiger partial charge in [0.25, 0.3) is 0 Å². The molecule has 0 rings (SSSR count). The van der Waals surface area contributed by atoms with Gasteiger partial charge in [-0.1, -0.05) is 5.92 Å². The third-order valence-corrected chi connectivity index (χ3v) is 1.67. The Balaban J connectivity index is 3.72. The summed E-state index contributed by atoms with van der Waals surface area (Å²) in [7, 11) is 0. The highest BCUT2D eigenvalue weighted by molar-refractivity contribution is 14.1. The Morgan fingerprint density at radius 1 is 1.36 bits per heavy atom. The van der Waals surface area contributed by atoms with Gasteiger partial charge in [0, 0.05) is 22.6 Å². The van der Waals surface area contributed by atoms with Crippen LogP contribution < -0.4 is 0 Å². The Morgan fingerprint density at radius 2 is 1.91 bits per heavy atom. The third kappa shape index (κ3) is 5.48. The van der Waals surface area contributed by atoms with E-state index in [4.69, 9.17) is 9.84 Å². The van der Waals surface area contributed by atoms with Gasteiger partial charge in [0.05, 0.1) is 12.2 Å². The molecule has 1 N–H and O–H groups in total. The molecule has 3 atom stereocenters. The summed E-state index contributed by atoms with van der Waals surface area (Å²) in [6.07, 6.45) is -0.688. The van der Waals surface area contributed by atoms with Crippen LogP contribution in [0, 0.1) is 9.85 Å². The van der Waals surface area contributed by atoms with E-state index in [-0.39, 0.29) is 12.2 Å². The van der Waals surface area contributed by atoms with Crippen LogP contribution in [0.15, 0.2) is 0 Å². The summed E-state index contributed by atoms with van der Waals surface area (Å²) in [5.41, 5.74) is 0. The van der Waals surface area contributed by atoms with Gasteiger partial charge in [-0.05, 0) is 24.7 Å². The molecule has 0 aliphatic carbocycles. The first kappa shape index (κ1) is 11.2. The molecule has 0 heterocycles. The second-order valence-corrected chi connectivity index (χ2v) is 3.00. The lowest BCUT2D eigenvalue weighted by Crippen LogP contribution is -2.26. The van der Waals surface area contributed by atoms with Gasteiger partial charge in [0.15, 0.2) is 0 Å². The minimum atomic E-state index is -0.437. The molecule has 0 aliphatic rings. The second kappa shape index (κ2) is 5.81. The number of aliphatic hydroxyl groups is 1. The Labute approximate surface area is 81.5 Å². The minimum absolute atomic E-state index is 0.100. The number of ether oxygens (including phenoxy) is 1. The van der Waals surface area contributed by atoms with E-state index < -0.39 is 6.10 Å². The highest BCUT2D eigenvalue weighted by atomic mass is 127. The molecule has 0 saturated heterocycles. The molecule has 0 aromatic heterocycles. The maximum absolute atomic E-state index is 9.06. The van der Waals surface area contributed by atoms with Crippen molar-refractivity contribution in [2.24, 2.45) is 0 Å². The van der Waals surface area contributed by atoms with Crippen molar-refractivity contribution in [1.29, 1.82) is 0 Å². The predicted octanol–water partition coefficient (Wildman–Crippen LogP) is 1.56. The van der Waals surface area contributed by atoms with Gasteiger partial charge in [0.1, 0.15) is 6.10 Å². The lowest BCUT2D eigenvalue weighted by Gasteiger charge is -2.17. The largest absolute Gasteiger partial charge is 0.391 e. The van der Waals surface area contributed by atoms with E-state index in [0.717, 1.165) is 0 Å². The Morgan fingerprint density at radius 3 is 2.27 bits per heavy atom. The average Bonchev–Trinajstić information content (AvgIpc) is 1.87. The van der Waals surface area contributed by atoms with Crippen LogP contribution >= 0.6 is 22.6 Å². The van der Waals surface area contributed by atoms with Crippen LogP contribution in [-0.2, 0) is 4.74 Å². The third-order valence-electron chi connectivity index (χ3n) is 1.36. The van der Waals surface area contributed by atoms with Gasteiger partial charge >= 0.3 is 0 Å². The molecule has 2 nitrogen and oxygen atoms in total. The lowest BCUT2D eigenvalue weighted by atomic mass is 10.2. The minimum Gasteiger partial charge on any atom is -0.391 e. The van der Waals surface area contributed by atoms with Crippen LogP contribution in [0.2, 0.25) is 0 Å². The first-order chi connectivity index (χ1) is 5.07. The van der Waals surface area contributed by atoms with Gasteiger partial charge in [-0.15, -0.1) is 0 Å². The van der Waals surface area contributed by atoms with E-state index in [9.17, 15) is 0 Å². The molecule has 0 amide bonds. The molecule has 0 fully saturated rings. The monoisotopic (exact) mass is 268 g/mol. The van der Waals surface area contributed by atoms with Gasteiger partial charge in [-0.2, -0.15) is 0 Å². The molecule has 3 heteroatoms. The van der Waals surface area contributed by atoms with Crippen molar-refractivity contribution in [2.75, 3.05) is 0 Å². The van der Waals surface area contributed by atoms with Crippen molar-refractivity contribution < 1.29 is 9.84 Å². The SMILES string of the molecule is CC(C#CI)OC(C)C(C)O. The zero-order valence-corrected chi connectivity index (χ0v) is 9.12. The Kier molecular flexibility index (Phi) is 5.92. The van der Waals surface area contributed by atoms with Crippen LogP contribution in [0.1, 0.15) is 20.8 Å². The van der Waals surface area contributed by atoms with E-state index in [2.05, 4.69) is 9.85 Å². The number of hydrogen-bond acceptors (Lipinski definition) is 2. The van der Waals surface area contributed by atoms with Crippen molar-refractivity contribution in [3.05, 3.63) is 0 Å². The summed E-state index contributed by atoms with van der Waals surface area (Å²) in [5.74, 6) is 2.83. The van der Waals surface area contributed by atoms with E-state index in [1.807, 2.05) is 36.4 Å². The standard InChI is InChI=1S/C8H13IO2/c1-6(4-5-9)11-8(3)7(2)10/h6-8,10H,1-3H3. The van der Waals surface area contributed by atoms with Crippen LogP contribution in [0.4, 0.5) is 0 Å². The molecule has 0 aliphatic heterocycles. The number of hydrogen-bond donors (Lipinski definition) is 1. The number of aliphatic hydroxyl groups excluding tert-OH is 1. The fourth-order valence-electron chi connectivity index (χ4n) is 0.547. The average molecular weight is 268 g/mol. The Bertz CT molecular complexity index is 157. The molecule has 0 radical (unpaired) electrons. The van der Waals surface area contributed by atoms with Crippen molar-refractivity contribution in [2.45, 2.75) is 39.1 Å². The summed E-state index contributed by atoms with van der Waals surface area (Å²) in [4.78, 5) is 0. The predicted molar refractivity (Wildman–Crippen MR) is 53.5 cm³/mol. The molecule has 11 heavy (non-hydrogen) atoms. The van der Waals surface area contributed by atoms with E-state index in [1.165, 1.54) is 0 Å². The van der Waals surface area contributed by atoms with Crippen LogP contribution in [0.5, 0.6) is 0 Å². The quantitative estimate of drug-likeness (QED) is 0.621. The summed E-state index contributed by atoms with van der Waals surface area (Å²) in [5, 5.41) is 9.06. The first-order valence-corrected chi connectivity index (χ1v) is 4.60. The smallest absolute Gasteiger partial charge is 0.116 e. The van der Waals surface area contributed by atoms with Gasteiger partial charge in [0.2, 0.25) is 0 Å². The molecular formula is C8H13IO2. The van der Waals surface area contributed by atoms with E-state index in [1.54, 1.807) is 6.92 Å². The van der Waals surface area contributed by atoms with Crippen molar-refractivity contribution in [3.8, 4) is 9.85 Å². The van der Waals surface area contributed by atoms with Gasteiger partial charge in [-0.25, -0.2) is 0 Å². The second-order valence-electron chi connectivity index (χ2n) is 2.46. The number of rotatable bonds is 3. The summed E-state index contributed by atoms with van der Waals surface area (Å²) < 4.78 is 8.05. The van der Waals surface area contributed by atoms with E-state index in [0.29, 0.717) is 0 Å². The van der Waals surface area contributed by atoms with Crippen LogP contribution in [0.25, 0.3) is 0 Å². The summed E-state index contributed by atoms with van der Waals surface area (Å²) in [6, 6.07) is 0. The fraction of sp³-hybridized carbons (Fsp3) is 0.750. The molecule has 64 valence electrons. The molecular weight excluding hydrogens is 255 g/mol. The van der Waals surface area contributed by atoms with Crippen LogP contribution in [-0.4, -0.2) is 23.4 Å². The first-order valence-electron chi connectivity index (χ1n) is 3.52. The molecule has 0 bridgehead atoms. The van der Waals surface area contributed by atoms with Gasteiger partial charge in [-0.3, -0.25) is 0 Å². The van der Waals surface area contributed by atoms with Gasteiger partial charge < -0.3 is 9.84 Å². The zero-order chi connectivity index (χ0) is 8.85. The lowest BCUT2D eigenvalue weighted by molar-refractivity contribution is -0.0347. The van der Waals surface area contributed by atoms with Crippen LogP contribution in [0.3, 0.4) is 0 Å². The highest BCUT2D eigenvalue weighted by Gasteiger charge is 2.11. The maximum atomic E-state index is 9.06. The van der Waals surface area contributed by atoms with Crippen molar-refractivity contribution in [3.63, 3.8) is 0 Å². The molecule has 0 spiro atoms. The maximum Gasteiger partial charge on any atom is 0.116 e. The number of halogens is 1. The van der Waals surface area contributed by atoms with E-state index >= 15 is 0 Å². The molecule has 0 aromatic rings.